The fourth-order valence-electron chi connectivity index (χ4n) is 2.07. The van der Waals surface area contributed by atoms with Crippen molar-refractivity contribution in [1.29, 1.82) is 0 Å². The van der Waals surface area contributed by atoms with E-state index in [1.54, 1.807) is 12.3 Å². The topological polar surface area (TPSA) is 42.7 Å². The zero-order valence-electron chi connectivity index (χ0n) is 10.3. The van der Waals surface area contributed by atoms with Crippen molar-refractivity contribution in [2.24, 2.45) is 0 Å². The predicted molar refractivity (Wildman–Crippen MR) is 76.7 cm³/mol. The van der Waals surface area contributed by atoms with Gasteiger partial charge in [-0.2, -0.15) is 5.10 Å². The Morgan fingerprint density at radius 2 is 2.16 bits per heavy atom. The molecule has 0 aromatic carbocycles. The maximum atomic E-state index is 6.09. The van der Waals surface area contributed by atoms with E-state index in [2.05, 4.69) is 15.4 Å². The molecule has 2 heterocycles. The molecule has 0 aliphatic heterocycles. The highest BCUT2D eigenvalue weighted by molar-refractivity contribution is 6.35. The lowest BCUT2D eigenvalue weighted by Gasteiger charge is -2.25. The maximum absolute atomic E-state index is 6.09. The first-order valence-corrected chi connectivity index (χ1v) is 7.07. The average Bonchev–Trinajstić information content (AvgIpc) is 2.74. The summed E-state index contributed by atoms with van der Waals surface area (Å²) < 4.78 is 2.03. The van der Waals surface area contributed by atoms with Crippen LogP contribution in [0.4, 0.5) is 5.82 Å². The van der Waals surface area contributed by atoms with Gasteiger partial charge in [0.1, 0.15) is 11.0 Å². The second-order valence-corrected chi connectivity index (χ2v) is 5.45. The van der Waals surface area contributed by atoms with E-state index in [0.29, 0.717) is 22.8 Å². The molecule has 4 nitrogen and oxygen atoms in total. The molecule has 1 saturated carbocycles. The van der Waals surface area contributed by atoms with Crippen LogP contribution in [0.25, 0.3) is 0 Å². The molecule has 19 heavy (non-hydrogen) atoms. The summed E-state index contributed by atoms with van der Waals surface area (Å²) in [6.45, 7) is 0.521. The van der Waals surface area contributed by atoms with Crippen molar-refractivity contribution >= 4 is 29.0 Å². The molecule has 2 aromatic rings. The van der Waals surface area contributed by atoms with E-state index < -0.39 is 0 Å². The largest absolute Gasteiger partial charge is 0.364 e. The molecule has 1 N–H and O–H groups in total. The summed E-state index contributed by atoms with van der Waals surface area (Å²) in [7, 11) is 0. The maximum Gasteiger partial charge on any atom is 0.148 e. The fourth-order valence-corrected chi connectivity index (χ4v) is 2.55. The van der Waals surface area contributed by atoms with Gasteiger partial charge in [0.15, 0.2) is 0 Å². The molecule has 0 bridgehead atoms. The lowest BCUT2D eigenvalue weighted by atomic mass is 9.93. The molecule has 0 saturated heterocycles. The van der Waals surface area contributed by atoms with Crippen LogP contribution >= 0.6 is 23.2 Å². The van der Waals surface area contributed by atoms with Gasteiger partial charge in [-0.3, -0.25) is 4.68 Å². The van der Waals surface area contributed by atoms with E-state index in [4.69, 9.17) is 23.2 Å². The number of rotatable bonds is 4. The predicted octanol–water partition coefficient (Wildman–Crippen LogP) is 3.92. The molecule has 3 rings (SSSR count). The minimum atomic E-state index is 0.429. The summed E-state index contributed by atoms with van der Waals surface area (Å²) >= 11 is 12.1. The highest BCUT2D eigenvalue weighted by Crippen LogP contribution is 2.31. The van der Waals surface area contributed by atoms with Gasteiger partial charge in [0.2, 0.25) is 0 Å². The van der Waals surface area contributed by atoms with Gasteiger partial charge in [-0.15, -0.1) is 0 Å². The van der Waals surface area contributed by atoms with E-state index in [0.717, 1.165) is 11.4 Å². The SMILES string of the molecule is Clc1ccnc(Cl)c1CNc1ccn(C2CCC2)n1. The summed E-state index contributed by atoms with van der Waals surface area (Å²) in [5.74, 6) is 0.836. The molecule has 6 heteroatoms. The summed E-state index contributed by atoms with van der Waals surface area (Å²) in [6.07, 6.45) is 7.36. The minimum Gasteiger partial charge on any atom is -0.364 e. The molecule has 0 amide bonds. The molecule has 0 unspecified atom stereocenters. The Morgan fingerprint density at radius 1 is 1.32 bits per heavy atom. The highest BCUT2D eigenvalue weighted by atomic mass is 35.5. The molecule has 0 radical (unpaired) electrons. The van der Waals surface area contributed by atoms with Crippen molar-refractivity contribution in [2.75, 3.05) is 5.32 Å². The van der Waals surface area contributed by atoms with E-state index in [9.17, 15) is 0 Å². The average molecular weight is 297 g/mol. The Bertz CT molecular complexity index is 558. The van der Waals surface area contributed by atoms with Gasteiger partial charge < -0.3 is 5.32 Å². The van der Waals surface area contributed by atoms with Gasteiger partial charge in [0.05, 0.1) is 11.1 Å². The van der Waals surface area contributed by atoms with Crippen LogP contribution in [0.15, 0.2) is 24.5 Å². The number of pyridine rings is 1. The van der Waals surface area contributed by atoms with E-state index >= 15 is 0 Å². The van der Waals surface area contributed by atoms with Crippen molar-refractivity contribution in [3.8, 4) is 0 Å². The van der Waals surface area contributed by atoms with Crippen LogP contribution in [0.5, 0.6) is 0 Å². The Kier molecular flexibility index (Phi) is 3.62. The minimum absolute atomic E-state index is 0.429. The van der Waals surface area contributed by atoms with Gasteiger partial charge in [-0.1, -0.05) is 23.2 Å². The van der Waals surface area contributed by atoms with Crippen LogP contribution in [0.1, 0.15) is 30.9 Å². The standard InChI is InChI=1S/C13H14Cl2N4/c14-11-4-6-16-13(15)10(11)8-17-12-5-7-19(18-12)9-2-1-3-9/h4-7,9H,1-3,8H2,(H,17,18). The number of nitrogens with zero attached hydrogens (tertiary/aromatic N) is 3. The van der Waals surface area contributed by atoms with E-state index in [-0.39, 0.29) is 0 Å². The second kappa shape index (κ2) is 5.39. The van der Waals surface area contributed by atoms with E-state index in [1.165, 1.54) is 19.3 Å². The summed E-state index contributed by atoms with van der Waals surface area (Å²) in [5, 5.41) is 8.78. The third-order valence-corrected chi connectivity index (χ3v) is 4.13. The number of hydrogen-bond acceptors (Lipinski definition) is 3. The monoisotopic (exact) mass is 296 g/mol. The van der Waals surface area contributed by atoms with Crippen molar-refractivity contribution in [2.45, 2.75) is 31.8 Å². The molecule has 0 spiro atoms. The molecule has 0 atom stereocenters. The van der Waals surface area contributed by atoms with Crippen molar-refractivity contribution < 1.29 is 0 Å². The Morgan fingerprint density at radius 3 is 2.84 bits per heavy atom. The van der Waals surface area contributed by atoms with Gasteiger partial charge in [0, 0.05) is 30.6 Å². The number of aromatic nitrogens is 3. The Hall–Kier alpha value is -1.26. The quantitative estimate of drug-likeness (QED) is 0.870. The molecule has 100 valence electrons. The molecular formula is C13H14Cl2N4. The number of nitrogens with one attached hydrogen (secondary N) is 1. The van der Waals surface area contributed by atoms with Crippen LogP contribution in [0.2, 0.25) is 10.2 Å². The summed E-state index contributed by atoms with van der Waals surface area (Å²) in [6, 6.07) is 4.27. The first-order valence-electron chi connectivity index (χ1n) is 6.32. The highest BCUT2D eigenvalue weighted by Gasteiger charge is 2.19. The van der Waals surface area contributed by atoms with Gasteiger partial charge in [0.25, 0.3) is 0 Å². The van der Waals surface area contributed by atoms with Crippen LogP contribution in [0, 0.1) is 0 Å². The summed E-state index contributed by atoms with van der Waals surface area (Å²) in [5.41, 5.74) is 0.795. The molecular weight excluding hydrogens is 283 g/mol. The molecule has 1 aliphatic carbocycles. The van der Waals surface area contributed by atoms with Crippen LogP contribution in [-0.4, -0.2) is 14.8 Å². The second-order valence-electron chi connectivity index (χ2n) is 4.68. The normalized spacial score (nSPS) is 15.3. The lowest BCUT2D eigenvalue weighted by molar-refractivity contribution is 0.290. The van der Waals surface area contributed by atoms with Crippen molar-refractivity contribution in [3.05, 3.63) is 40.3 Å². The fraction of sp³-hybridized carbons (Fsp3) is 0.385. The molecule has 1 fully saturated rings. The van der Waals surface area contributed by atoms with Gasteiger partial charge >= 0.3 is 0 Å². The number of hydrogen-bond donors (Lipinski definition) is 1. The zero-order valence-corrected chi connectivity index (χ0v) is 11.8. The Labute approximate surface area is 121 Å². The van der Waals surface area contributed by atoms with Crippen LogP contribution in [0.3, 0.4) is 0 Å². The zero-order chi connectivity index (χ0) is 13.2. The first kappa shape index (κ1) is 12.8. The van der Waals surface area contributed by atoms with Crippen LogP contribution < -0.4 is 5.32 Å². The third kappa shape index (κ3) is 2.69. The number of halogens is 2. The van der Waals surface area contributed by atoms with Gasteiger partial charge in [-0.05, 0) is 25.3 Å². The first-order chi connectivity index (χ1) is 9.24. The Balaban J connectivity index is 1.67. The van der Waals surface area contributed by atoms with E-state index in [1.807, 2.05) is 16.9 Å². The van der Waals surface area contributed by atoms with Crippen molar-refractivity contribution in [3.63, 3.8) is 0 Å². The molecule has 2 aromatic heterocycles. The molecule has 1 aliphatic rings. The lowest BCUT2D eigenvalue weighted by Crippen LogP contribution is -2.17. The smallest absolute Gasteiger partial charge is 0.148 e. The van der Waals surface area contributed by atoms with Crippen molar-refractivity contribution in [1.82, 2.24) is 14.8 Å². The van der Waals surface area contributed by atoms with Crippen LogP contribution in [-0.2, 0) is 6.54 Å². The van der Waals surface area contributed by atoms with Gasteiger partial charge in [-0.25, -0.2) is 4.98 Å². The third-order valence-electron chi connectivity index (χ3n) is 3.45. The summed E-state index contributed by atoms with van der Waals surface area (Å²) in [4.78, 5) is 4.02. The number of anilines is 1.